The molecule has 18 heavy (non-hydrogen) atoms. The maximum absolute atomic E-state index is 10.7. The monoisotopic (exact) mass is 266 g/mol. The molecule has 0 aliphatic carbocycles. The topological polar surface area (TPSA) is 82.5 Å². The Morgan fingerprint density at radius 2 is 2.28 bits per heavy atom. The molecule has 1 heterocycles. The summed E-state index contributed by atoms with van der Waals surface area (Å²) in [6, 6.07) is 5.33. The minimum absolute atomic E-state index is 0.0250. The lowest BCUT2D eigenvalue weighted by Crippen LogP contribution is -2.34. The van der Waals surface area contributed by atoms with Gasteiger partial charge in [0, 0.05) is 13.5 Å². The normalized spacial score (nSPS) is 14.4. The molecule has 5 nitrogen and oxygen atoms in total. The van der Waals surface area contributed by atoms with E-state index in [4.69, 9.17) is 0 Å². The summed E-state index contributed by atoms with van der Waals surface area (Å²) in [5, 5.41) is 22.2. The molecule has 0 radical (unpaired) electrons. The van der Waals surface area contributed by atoms with Crippen molar-refractivity contribution in [3.05, 3.63) is 29.3 Å². The number of rotatable bonds is 4. The van der Waals surface area contributed by atoms with Crippen LogP contribution in [0.2, 0.25) is 0 Å². The van der Waals surface area contributed by atoms with Crippen molar-refractivity contribution in [2.45, 2.75) is 19.1 Å². The third kappa shape index (κ3) is 2.84. The van der Waals surface area contributed by atoms with Crippen LogP contribution in [0.1, 0.15) is 18.6 Å². The number of hydrogen-bond donors (Lipinski definition) is 3. The van der Waals surface area contributed by atoms with E-state index in [1.807, 2.05) is 0 Å². The van der Waals surface area contributed by atoms with Crippen molar-refractivity contribution < 1.29 is 15.0 Å². The zero-order chi connectivity index (χ0) is 13.1. The molecule has 0 aliphatic rings. The summed E-state index contributed by atoms with van der Waals surface area (Å²) in [5.41, 5.74) is 3.21. The van der Waals surface area contributed by atoms with Gasteiger partial charge < -0.3 is 15.5 Å². The number of nitrogens with one attached hydrogen (secondary N) is 1. The summed E-state index contributed by atoms with van der Waals surface area (Å²) >= 11 is 1.48. The number of nitrogens with zero attached hydrogens (tertiary/aromatic N) is 1. The van der Waals surface area contributed by atoms with Gasteiger partial charge in [0.15, 0.2) is 0 Å². The number of fused-ring (bicyclic) bond motifs is 1. The zero-order valence-corrected chi connectivity index (χ0v) is 10.6. The molecule has 0 aliphatic heterocycles. The maximum Gasteiger partial charge on any atom is 0.216 e. The molecule has 6 heteroatoms. The van der Waals surface area contributed by atoms with Gasteiger partial charge in [-0.25, -0.2) is 4.98 Å². The number of hydrogen-bond acceptors (Lipinski definition) is 5. The van der Waals surface area contributed by atoms with Gasteiger partial charge in [-0.1, -0.05) is 6.07 Å². The molecule has 2 rings (SSSR count). The summed E-state index contributed by atoms with van der Waals surface area (Å²) in [6.45, 7) is 1.39. The molecule has 3 N–H and O–H groups in total. The van der Waals surface area contributed by atoms with E-state index >= 15 is 0 Å². The van der Waals surface area contributed by atoms with Gasteiger partial charge in [-0.2, -0.15) is 0 Å². The van der Waals surface area contributed by atoms with Gasteiger partial charge in [-0.3, -0.25) is 4.79 Å². The molecule has 2 atom stereocenters. The lowest BCUT2D eigenvalue weighted by molar-refractivity contribution is -0.119. The third-order valence-corrected chi connectivity index (χ3v) is 3.41. The predicted octanol–water partition coefficient (Wildman–Crippen LogP) is 0.827. The van der Waals surface area contributed by atoms with Crippen molar-refractivity contribution in [3.8, 4) is 0 Å². The number of aliphatic hydroxyl groups is 2. The van der Waals surface area contributed by atoms with Crippen LogP contribution in [0, 0.1) is 0 Å². The first-order valence-corrected chi connectivity index (χ1v) is 6.39. The molecule has 1 aromatic carbocycles. The number of carbonyl (C=O) groups is 1. The first-order valence-electron chi connectivity index (χ1n) is 5.51. The van der Waals surface area contributed by atoms with Crippen LogP contribution in [0.4, 0.5) is 0 Å². The fourth-order valence-corrected chi connectivity index (χ4v) is 2.36. The minimum Gasteiger partial charge on any atom is -0.388 e. The average molecular weight is 266 g/mol. The fourth-order valence-electron chi connectivity index (χ4n) is 1.64. The molecule has 0 saturated heterocycles. The van der Waals surface area contributed by atoms with E-state index in [2.05, 4.69) is 10.3 Å². The van der Waals surface area contributed by atoms with Crippen LogP contribution >= 0.6 is 11.3 Å². The van der Waals surface area contributed by atoms with Gasteiger partial charge in [-0.15, -0.1) is 11.3 Å². The molecule has 0 saturated carbocycles. The average Bonchev–Trinajstić information content (AvgIpc) is 2.81. The zero-order valence-electron chi connectivity index (χ0n) is 9.83. The van der Waals surface area contributed by atoms with Crippen molar-refractivity contribution in [1.82, 2.24) is 10.3 Å². The molecular weight excluding hydrogens is 252 g/mol. The number of aromatic nitrogens is 1. The van der Waals surface area contributed by atoms with Crippen molar-refractivity contribution in [1.29, 1.82) is 0 Å². The van der Waals surface area contributed by atoms with Gasteiger partial charge >= 0.3 is 0 Å². The maximum atomic E-state index is 10.7. The smallest absolute Gasteiger partial charge is 0.216 e. The molecule has 0 spiro atoms. The van der Waals surface area contributed by atoms with Crippen molar-refractivity contribution >= 4 is 27.5 Å². The Morgan fingerprint density at radius 3 is 3.00 bits per heavy atom. The highest BCUT2D eigenvalue weighted by Gasteiger charge is 2.19. The Labute approximate surface area is 108 Å². The van der Waals surface area contributed by atoms with E-state index < -0.39 is 12.2 Å². The van der Waals surface area contributed by atoms with Crippen molar-refractivity contribution in [2.75, 3.05) is 6.54 Å². The molecule has 0 fully saturated rings. The van der Waals surface area contributed by atoms with E-state index in [1.54, 1.807) is 23.7 Å². The van der Waals surface area contributed by atoms with E-state index in [0.29, 0.717) is 5.56 Å². The minimum atomic E-state index is -1.03. The SMILES string of the molecule is CC(=O)NCC(O)C(O)c1ccc2ncsc2c1. The van der Waals surface area contributed by atoms with Crippen LogP contribution in [-0.4, -0.2) is 33.8 Å². The van der Waals surface area contributed by atoms with Gasteiger partial charge in [0.2, 0.25) is 5.91 Å². The number of aliphatic hydroxyl groups excluding tert-OH is 2. The Balaban J connectivity index is 2.11. The second-order valence-corrected chi connectivity index (χ2v) is 4.92. The fraction of sp³-hybridized carbons (Fsp3) is 0.333. The number of benzene rings is 1. The number of thiazole rings is 1. The summed E-state index contributed by atoms with van der Waals surface area (Å²) in [4.78, 5) is 14.9. The van der Waals surface area contributed by atoms with Gasteiger partial charge in [-0.05, 0) is 17.7 Å². The lowest BCUT2D eigenvalue weighted by atomic mass is 10.0. The first kappa shape index (κ1) is 12.9. The molecule has 1 amide bonds. The standard InChI is InChI=1S/C12H14N2O3S/c1-7(15)13-5-10(16)12(17)8-2-3-9-11(4-8)18-6-14-9/h2-4,6,10,12,16-17H,5H2,1H3,(H,13,15). The molecule has 2 aromatic rings. The Hall–Kier alpha value is -1.50. The second-order valence-electron chi connectivity index (χ2n) is 4.03. The van der Waals surface area contributed by atoms with Gasteiger partial charge in [0.25, 0.3) is 0 Å². The van der Waals surface area contributed by atoms with Gasteiger partial charge in [0.1, 0.15) is 12.2 Å². The summed E-state index contributed by atoms with van der Waals surface area (Å²) in [7, 11) is 0. The second kappa shape index (κ2) is 5.43. The Morgan fingerprint density at radius 1 is 1.50 bits per heavy atom. The van der Waals surface area contributed by atoms with E-state index in [9.17, 15) is 15.0 Å². The molecule has 1 aromatic heterocycles. The predicted molar refractivity (Wildman–Crippen MR) is 69.3 cm³/mol. The molecule has 0 bridgehead atoms. The van der Waals surface area contributed by atoms with Crippen LogP contribution in [0.15, 0.2) is 23.7 Å². The molecule has 2 unspecified atom stereocenters. The highest BCUT2D eigenvalue weighted by Crippen LogP contribution is 2.24. The summed E-state index contributed by atoms with van der Waals surface area (Å²) in [5.74, 6) is -0.237. The van der Waals surface area contributed by atoms with Crippen LogP contribution < -0.4 is 5.32 Å². The van der Waals surface area contributed by atoms with Crippen LogP contribution in [0.3, 0.4) is 0 Å². The van der Waals surface area contributed by atoms with Gasteiger partial charge in [0.05, 0.1) is 15.7 Å². The quantitative estimate of drug-likeness (QED) is 0.765. The summed E-state index contributed by atoms with van der Waals surface area (Å²) < 4.78 is 0.957. The largest absolute Gasteiger partial charge is 0.388 e. The highest BCUT2D eigenvalue weighted by molar-refractivity contribution is 7.16. The van der Waals surface area contributed by atoms with Crippen LogP contribution in [0.5, 0.6) is 0 Å². The number of amides is 1. The van der Waals surface area contributed by atoms with E-state index in [1.165, 1.54) is 18.3 Å². The van der Waals surface area contributed by atoms with Crippen molar-refractivity contribution in [2.24, 2.45) is 0 Å². The lowest BCUT2D eigenvalue weighted by Gasteiger charge is -2.18. The summed E-state index contributed by atoms with van der Waals surface area (Å²) in [6.07, 6.45) is -2.05. The van der Waals surface area contributed by atoms with Crippen LogP contribution in [0.25, 0.3) is 10.2 Å². The molecular formula is C12H14N2O3S. The molecule has 96 valence electrons. The Kier molecular flexibility index (Phi) is 3.90. The van der Waals surface area contributed by atoms with Crippen molar-refractivity contribution in [3.63, 3.8) is 0 Å². The van der Waals surface area contributed by atoms with E-state index in [-0.39, 0.29) is 12.5 Å². The van der Waals surface area contributed by atoms with Crippen LogP contribution in [-0.2, 0) is 4.79 Å². The highest BCUT2D eigenvalue weighted by atomic mass is 32.1. The third-order valence-electron chi connectivity index (χ3n) is 2.62. The Bertz CT molecular complexity index is 555. The first-order chi connectivity index (χ1) is 8.58. The van der Waals surface area contributed by atoms with E-state index in [0.717, 1.165) is 10.2 Å². The number of carbonyl (C=O) groups excluding carboxylic acids is 1.